The molecule has 1 aliphatic rings. The van der Waals surface area contributed by atoms with Crippen molar-refractivity contribution in [2.24, 2.45) is 0 Å². The van der Waals surface area contributed by atoms with Gasteiger partial charge in [-0.1, -0.05) is 0 Å². The van der Waals surface area contributed by atoms with Crippen molar-refractivity contribution in [3.05, 3.63) is 57.1 Å². The maximum atomic E-state index is 11.5. The first-order chi connectivity index (χ1) is 13.1. The van der Waals surface area contributed by atoms with Gasteiger partial charge in [-0.2, -0.15) is 0 Å². The molecule has 0 saturated heterocycles. The second-order valence-corrected chi connectivity index (χ2v) is 6.23. The molecule has 1 aliphatic heterocycles. The summed E-state index contributed by atoms with van der Waals surface area (Å²) in [6, 6.07) is 8.54. The standard InChI is InChI=1S/C20H22N2O5/c1-3-26-19-10-15-7-8-21(12-16(15)11-20(19)27-4-2)17-6-5-14(13-23)9-18(17)22(24)25/h5-6,9-11,13H,3-4,7-8,12H2,1-2H3. The highest BCUT2D eigenvalue weighted by Crippen LogP contribution is 2.37. The third-order valence-electron chi connectivity index (χ3n) is 4.55. The highest BCUT2D eigenvalue weighted by Gasteiger charge is 2.25. The SMILES string of the molecule is CCOc1cc2c(cc1OCC)CN(c1ccc(C=O)cc1[N+](=O)[O-])CC2. The molecule has 7 nitrogen and oxygen atoms in total. The van der Waals surface area contributed by atoms with E-state index in [1.165, 1.54) is 6.07 Å². The van der Waals surface area contributed by atoms with Gasteiger partial charge in [0.1, 0.15) is 12.0 Å². The maximum absolute atomic E-state index is 11.5. The smallest absolute Gasteiger partial charge is 0.293 e. The average Bonchev–Trinajstić information content (AvgIpc) is 2.68. The van der Waals surface area contributed by atoms with E-state index in [2.05, 4.69) is 0 Å². The molecule has 0 aromatic heterocycles. The van der Waals surface area contributed by atoms with Gasteiger partial charge in [-0.05, 0) is 55.7 Å². The van der Waals surface area contributed by atoms with Gasteiger partial charge in [-0.15, -0.1) is 0 Å². The summed E-state index contributed by atoms with van der Waals surface area (Å²) >= 11 is 0. The third-order valence-corrected chi connectivity index (χ3v) is 4.55. The van der Waals surface area contributed by atoms with E-state index < -0.39 is 4.92 Å². The lowest BCUT2D eigenvalue weighted by Gasteiger charge is -2.31. The molecule has 0 N–H and O–H groups in total. The number of aldehydes is 1. The van der Waals surface area contributed by atoms with Gasteiger partial charge in [-0.25, -0.2) is 0 Å². The fourth-order valence-corrected chi connectivity index (χ4v) is 3.33. The number of hydrogen-bond donors (Lipinski definition) is 0. The van der Waals surface area contributed by atoms with Crippen LogP contribution in [0.3, 0.4) is 0 Å². The number of benzene rings is 2. The van der Waals surface area contributed by atoms with Crippen LogP contribution in [0.4, 0.5) is 11.4 Å². The first-order valence-electron chi connectivity index (χ1n) is 8.97. The van der Waals surface area contributed by atoms with Crippen molar-refractivity contribution in [1.82, 2.24) is 0 Å². The van der Waals surface area contributed by atoms with E-state index in [1.807, 2.05) is 30.9 Å². The van der Waals surface area contributed by atoms with Crippen LogP contribution in [0.15, 0.2) is 30.3 Å². The number of anilines is 1. The Balaban J connectivity index is 1.95. The van der Waals surface area contributed by atoms with Gasteiger partial charge < -0.3 is 14.4 Å². The predicted molar refractivity (Wildman–Crippen MR) is 102 cm³/mol. The molecule has 3 rings (SSSR count). The molecule has 0 amide bonds. The Hall–Kier alpha value is -3.09. The van der Waals surface area contributed by atoms with E-state index in [0.717, 1.165) is 23.3 Å². The topological polar surface area (TPSA) is 81.9 Å². The summed E-state index contributed by atoms with van der Waals surface area (Å²) in [7, 11) is 0. The molecular formula is C20H22N2O5. The lowest BCUT2D eigenvalue weighted by Crippen LogP contribution is -2.31. The quantitative estimate of drug-likeness (QED) is 0.419. The molecule has 7 heteroatoms. The van der Waals surface area contributed by atoms with Crippen LogP contribution in [-0.2, 0) is 13.0 Å². The molecule has 0 fully saturated rings. The fourth-order valence-electron chi connectivity index (χ4n) is 3.33. The van der Waals surface area contributed by atoms with E-state index in [0.29, 0.717) is 49.6 Å². The number of carbonyl (C=O) groups excluding carboxylic acids is 1. The van der Waals surface area contributed by atoms with Crippen molar-refractivity contribution in [2.45, 2.75) is 26.8 Å². The summed E-state index contributed by atoms with van der Waals surface area (Å²) in [4.78, 5) is 23.9. The Labute approximate surface area is 157 Å². The maximum Gasteiger partial charge on any atom is 0.293 e. The largest absolute Gasteiger partial charge is 0.490 e. The second kappa shape index (κ2) is 8.07. The second-order valence-electron chi connectivity index (χ2n) is 6.23. The predicted octanol–water partition coefficient (Wildman–Crippen LogP) is 3.77. The number of nitrogens with zero attached hydrogens (tertiary/aromatic N) is 2. The molecular weight excluding hydrogens is 348 g/mol. The van der Waals surface area contributed by atoms with E-state index in [-0.39, 0.29) is 5.69 Å². The summed E-state index contributed by atoms with van der Waals surface area (Å²) in [5.41, 5.74) is 2.97. The van der Waals surface area contributed by atoms with E-state index in [9.17, 15) is 14.9 Å². The first-order valence-corrected chi connectivity index (χ1v) is 8.97. The summed E-state index contributed by atoms with van der Waals surface area (Å²) in [6.07, 6.45) is 1.36. The number of rotatable bonds is 7. The molecule has 0 unspecified atom stereocenters. The molecule has 27 heavy (non-hydrogen) atoms. The van der Waals surface area contributed by atoms with Crippen LogP contribution in [-0.4, -0.2) is 31.0 Å². The van der Waals surface area contributed by atoms with Gasteiger partial charge >= 0.3 is 0 Å². The Kier molecular flexibility index (Phi) is 5.59. The van der Waals surface area contributed by atoms with Crippen LogP contribution in [0.2, 0.25) is 0 Å². The van der Waals surface area contributed by atoms with E-state index in [1.54, 1.807) is 12.1 Å². The molecule has 2 aromatic rings. The molecule has 142 valence electrons. The molecule has 0 radical (unpaired) electrons. The monoisotopic (exact) mass is 370 g/mol. The molecule has 0 bridgehead atoms. The van der Waals surface area contributed by atoms with Crippen molar-refractivity contribution < 1.29 is 19.2 Å². The summed E-state index contributed by atoms with van der Waals surface area (Å²) in [6.45, 7) is 6.11. The van der Waals surface area contributed by atoms with Crippen LogP contribution in [0.1, 0.15) is 35.3 Å². The minimum Gasteiger partial charge on any atom is -0.490 e. The summed E-state index contributed by atoms with van der Waals surface area (Å²) < 4.78 is 11.4. The molecule has 0 spiro atoms. The van der Waals surface area contributed by atoms with Crippen LogP contribution in [0, 0.1) is 10.1 Å². The Morgan fingerprint density at radius 1 is 1.11 bits per heavy atom. The van der Waals surface area contributed by atoms with Crippen LogP contribution >= 0.6 is 0 Å². The molecule has 2 aromatic carbocycles. The van der Waals surface area contributed by atoms with Gasteiger partial charge in [0, 0.05) is 24.7 Å². The molecule has 1 heterocycles. The molecule has 0 saturated carbocycles. The van der Waals surface area contributed by atoms with Gasteiger partial charge in [0.2, 0.25) is 0 Å². The van der Waals surface area contributed by atoms with E-state index >= 15 is 0 Å². The van der Waals surface area contributed by atoms with Gasteiger partial charge in [-0.3, -0.25) is 14.9 Å². The number of nitro groups is 1. The zero-order valence-electron chi connectivity index (χ0n) is 15.4. The minimum absolute atomic E-state index is 0.0565. The van der Waals surface area contributed by atoms with Crippen molar-refractivity contribution >= 4 is 17.7 Å². The van der Waals surface area contributed by atoms with E-state index in [4.69, 9.17) is 9.47 Å². The van der Waals surface area contributed by atoms with Crippen LogP contribution in [0.25, 0.3) is 0 Å². The first kappa shape index (κ1) is 18.7. The Morgan fingerprint density at radius 2 is 1.78 bits per heavy atom. The molecule has 0 atom stereocenters. The number of ether oxygens (including phenoxy) is 2. The zero-order chi connectivity index (χ0) is 19.4. The lowest BCUT2D eigenvalue weighted by atomic mass is 9.98. The highest BCUT2D eigenvalue weighted by atomic mass is 16.6. The van der Waals surface area contributed by atoms with Crippen LogP contribution < -0.4 is 14.4 Å². The minimum atomic E-state index is -0.443. The number of fused-ring (bicyclic) bond motifs is 1. The summed E-state index contributed by atoms with van der Waals surface area (Å²) in [5, 5.41) is 11.5. The van der Waals surface area contributed by atoms with Gasteiger partial charge in [0.05, 0.1) is 18.1 Å². The normalized spacial score (nSPS) is 13.0. The number of hydrogen-bond acceptors (Lipinski definition) is 6. The van der Waals surface area contributed by atoms with Gasteiger partial charge in [0.15, 0.2) is 11.5 Å². The number of carbonyl (C=O) groups is 1. The van der Waals surface area contributed by atoms with Crippen molar-refractivity contribution in [3.8, 4) is 11.5 Å². The fraction of sp³-hybridized carbons (Fsp3) is 0.350. The highest BCUT2D eigenvalue weighted by molar-refractivity contribution is 5.79. The van der Waals surface area contributed by atoms with Crippen LogP contribution in [0.5, 0.6) is 11.5 Å². The zero-order valence-corrected chi connectivity index (χ0v) is 15.4. The van der Waals surface area contributed by atoms with Crippen molar-refractivity contribution in [2.75, 3.05) is 24.7 Å². The Morgan fingerprint density at radius 3 is 2.37 bits per heavy atom. The number of nitro benzene ring substituents is 1. The summed E-state index contributed by atoms with van der Waals surface area (Å²) in [5.74, 6) is 1.42. The lowest BCUT2D eigenvalue weighted by molar-refractivity contribution is -0.384. The van der Waals surface area contributed by atoms with Crippen molar-refractivity contribution in [3.63, 3.8) is 0 Å². The average molecular weight is 370 g/mol. The molecule has 0 aliphatic carbocycles. The third kappa shape index (κ3) is 3.86. The Bertz CT molecular complexity index is 866. The van der Waals surface area contributed by atoms with Crippen molar-refractivity contribution in [1.29, 1.82) is 0 Å². The van der Waals surface area contributed by atoms with Gasteiger partial charge in [0.25, 0.3) is 5.69 Å².